The van der Waals surface area contributed by atoms with Gasteiger partial charge in [-0.2, -0.15) is 0 Å². The van der Waals surface area contributed by atoms with E-state index in [1.165, 1.54) is 0 Å². The molecule has 5 nitrogen and oxygen atoms in total. The number of nitrogens with one attached hydrogen (secondary N) is 1. The maximum atomic E-state index is 11.9. The highest BCUT2D eigenvalue weighted by atomic mass is 35.5. The molecule has 2 heterocycles. The second-order valence-electron chi connectivity index (χ2n) is 3.89. The van der Waals surface area contributed by atoms with E-state index in [1.807, 2.05) is 18.2 Å². The molecule has 0 aliphatic heterocycles. The predicted octanol–water partition coefficient (Wildman–Crippen LogP) is 1.68. The van der Waals surface area contributed by atoms with Crippen molar-refractivity contribution in [3.8, 4) is 0 Å². The van der Waals surface area contributed by atoms with Gasteiger partial charge in [0, 0.05) is 24.9 Å². The molecule has 6 heteroatoms. The molecule has 2 aromatic rings. The quantitative estimate of drug-likeness (QED) is 0.890. The van der Waals surface area contributed by atoms with Gasteiger partial charge in [0.2, 0.25) is 0 Å². The van der Waals surface area contributed by atoms with Gasteiger partial charge >= 0.3 is 0 Å². The van der Waals surface area contributed by atoms with Gasteiger partial charge < -0.3 is 11.1 Å². The Bertz CT molecular complexity index is 574. The van der Waals surface area contributed by atoms with Crippen LogP contribution < -0.4 is 11.1 Å². The van der Waals surface area contributed by atoms with Crippen LogP contribution in [0.2, 0.25) is 5.02 Å². The first-order chi connectivity index (χ1) is 9.16. The van der Waals surface area contributed by atoms with Crippen LogP contribution in [-0.4, -0.2) is 22.4 Å². The van der Waals surface area contributed by atoms with Crippen LogP contribution >= 0.6 is 11.6 Å². The van der Waals surface area contributed by atoms with E-state index in [9.17, 15) is 4.79 Å². The van der Waals surface area contributed by atoms with Crippen LogP contribution in [0, 0.1) is 0 Å². The van der Waals surface area contributed by atoms with Crippen LogP contribution in [0.5, 0.6) is 0 Å². The van der Waals surface area contributed by atoms with Gasteiger partial charge in [0.1, 0.15) is 11.5 Å². The zero-order chi connectivity index (χ0) is 13.7. The van der Waals surface area contributed by atoms with Crippen LogP contribution in [0.3, 0.4) is 0 Å². The topological polar surface area (TPSA) is 80.9 Å². The van der Waals surface area contributed by atoms with E-state index in [0.29, 0.717) is 13.0 Å². The molecule has 19 heavy (non-hydrogen) atoms. The Balaban J connectivity index is 1.93. The fourth-order valence-corrected chi connectivity index (χ4v) is 1.74. The Morgan fingerprint density at radius 1 is 1.32 bits per heavy atom. The zero-order valence-corrected chi connectivity index (χ0v) is 10.9. The standard InChI is InChI=1S/C13H13ClN4O/c14-10-4-5-11(15)18-12(10)13(19)17-8-6-9-3-1-2-7-16-9/h1-5,7H,6,8H2,(H2,15,18)(H,17,19). The van der Waals surface area contributed by atoms with Gasteiger partial charge in [-0.05, 0) is 24.3 Å². The molecule has 0 aromatic carbocycles. The van der Waals surface area contributed by atoms with Crippen molar-refractivity contribution in [2.75, 3.05) is 12.3 Å². The highest BCUT2D eigenvalue weighted by molar-refractivity contribution is 6.33. The smallest absolute Gasteiger partial charge is 0.271 e. The summed E-state index contributed by atoms with van der Waals surface area (Å²) >= 11 is 5.90. The molecule has 0 radical (unpaired) electrons. The molecule has 2 rings (SSSR count). The first-order valence-electron chi connectivity index (χ1n) is 5.77. The Kier molecular flexibility index (Phi) is 4.30. The number of nitrogens with zero attached hydrogens (tertiary/aromatic N) is 2. The van der Waals surface area contributed by atoms with Crippen LogP contribution in [0.25, 0.3) is 0 Å². The molecule has 0 atom stereocenters. The Morgan fingerprint density at radius 2 is 2.16 bits per heavy atom. The zero-order valence-electron chi connectivity index (χ0n) is 10.1. The van der Waals surface area contributed by atoms with Gasteiger partial charge in [0.15, 0.2) is 0 Å². The lowest BCUT2D eigenvalue weighted by Gasteiger charge is -2.06. The molecule has 98 valence electrons. The largest absolute Gasteiger partial charge is 0.384 e. The number of anilines is 1. The molecule has 0 aliphatic carbocycles. The van der Waals surface area contributed by atoms with Gasteiger partial charge in [-0.25, -0.2) is 4.98 Å². The van der Waals surface area contributed by atoms with Crippen LogP contribution in [0.15, 0.2) is 36.5 Å². The van der Waals surface area contributed by atoms with Crippen molar-refractivity contribution in [3.63, 3.8) is 0 Å². The summed E-state index contributed by atoms with van der Waals surface area (Å²) in [7, 11) is 0. The third kappa shape index (κ3) is 3.66. The van der Waals surface area contributed by atoms with Crippen LogP contribution in [0.1, 0.15) is 16.2 Å². The molecule has 0 aliphatic rings. The lowest BCUT2D eigenvalue weighted by atomic mass is 10.2. The summed E-state index contributed by atoms with van der Waals surface area (Å²) in [6.07, 6.45) is 2.36. The molecule has 0 unspecified atom stereocenters. The Labute approximate surface area is 115 Å². The predicted molar refractivity (Wildman–Crippen MR) is 73.9 cm³/mol. The summed E-state index contributed by atoms with van der Waals surface area (Å²) in [5, 5.41) is 3.02. The SMILES string of the molecule is Nc1ccc(Cl)c(C(=O)NCCc2ccccn2)n1. The molecule has 0 fully saturated rings. The van der Waals surface area contributed by atoms with Gasteiger partial charge in [-0.1, -0.05) is 17.7 Å². The second-order valence-corrected chi connectivity index (χ2v) is 4.30. The van der Waals surface area contributed by atoms with Crippen molar-refractivity contribution in [3.05, 3.63) is 52.9 Å². The van der Waals surface area contributed by atoms with Crippen molar-refractivity contribution in [2.24, 2.45) is 0 Å². The monoisotopic (exact) mass is 276 g/mol. The number of nitrogen functional groups attached to an aromatic ring is 1. The number of nitrogens with two attached hydrogens (primary N) is 1. The molecule has 2 aromatic heterocycles. The molecule has 0 spiro atoms. The highest BCUT2D eigenvalue weighted by Gasteiger charge is 2.11. The average Bonchev–Trinajstić information content (AvgIpc) is 2.42. The summed E-state index contributed by atoms with van der Waals surface area (Å²) < 4.78 is 0. The molecule has 0 bridgehead atoms. The summed E-state index contributed by atoms with van der Waals surface area (Å²) in [4.78, 5) is 20.0. The molecule has 0 saturated carbocycles. The molecule has 3 N–H and O–H groups in total. The van der Waals surface area contributed by atoms with Crippen molar-refractivity contribution < 1.29 is 4.79 Å². The van der Waals surface area contributed by atoms with Crippen molar-refractivity contribution in [1.82, 2.24) is 15.3 Å². The summed E-state index contributed by atoms with van der Waals surface area (Å²) in [6.45, 7) is 0.461. The van der Waals surface area contributed by atoms with E-state index < -0.39 is 0 Å². The second kappa shape index (κ2) is 6.15. The number of carbonyl (C=O) groups is 1. The number of pyridine rings is 2. The van der Waals surface area contributed by atoms with Crippen LogP contribution in [0.4, 0.5) is 5.82 Å². The van der Waals surface area contributed by atoms with Crippen molar-refractivity contribution in [1.29, 1.82) is 0 Å². The van der Waals surface area contributed by atoms with Gasteiger partial charge in [0.05, 0.1) is 5.02 Å². The lowest BCUT2D eigenvalue weighted by molar-refractivity contribution is 0.0949. The summed E-state index contributed by atoms with van der Waals surface area (Å²) in [5.74, 6) is -0.0764. The fourth-order valence-electron chi connectivity index (χ4n) is 1.55. The number of amides is 1. The van der Waals surface area contributed by atoms with E-state index >= 15 is 0 Å². The van der Waals surface area contributed by atoms with Crippen molar-refractivity contribution in [2.45, 2.75) is 6.42 Å². The Hall–Kier alpha value is -2.14. The highest BCUT2D eigenvalue weighted by Crippen LogP contribution is 2.14. The number of aromatic nitrogens is 2. The van der Waals surface area contributed by atoms with E-state index in [4.69, 9.17) is 17.3 Å². The number of carbonyl (C=O) groups excluding carboxylic acids is 1. The number of rotatable bonds is 4. The lowest BCUT2D eigenvalue weighted by Crippen LogP contribution is -2.27. The minimum Gasteiger partial charge on any atom is -0.384 e. The number of hydrogen-bond acceptors (Lipinski definition) is 4. The number of hydrogen-bond donors (Lipinski definition) is 2. The van der Waals surface area contributed by atoms with Crippen molar-refractivity contribution >= 4 is 23.3 Å². The third-order valence-corrected chi connectivity index (χ3v) is 2.78. The summed E-state index contributed by atoms with van der Waals surface area (Å²) in [6, 6.07) is 8.75. The maximum absolute atomic E-state index is 11.9. The molecular weight excluding hydrogens is 264 g/mol. The van der Waals surface area contributed by atoms with Gasteiger partial charge in [-0.3, -0.25) is 9.78 Å². The molecular formula is C13H13ClN4O. The van der Waals surface area contributed by atoms with Gasteiger partial charge in [0.25, 0.3) is 5.91 Å². The van der Waals surface area contributed by atoms with E-state index in [2.05, 4.69) is 15.3 Å². The number of halogens is 1. The van der Waals surface area contributed by atoms with E-state index in [1.54, 1.807) is 18.3 Å². The third-order valence-electron chi connectivity index (χ3n) is 2.48. The first-order valence-corrected chi connectivity index (χ1v) is 6.15. The first kappa shape index (κ1) is 13.3. The average molecular weight is 277 g/mol. The summed E-state index contributed by atoms with van der Waals surface area (Å²) in [5.41, 5.74) is 6.58. The minimum absolute atomic E-state index is 0.141. The molecule has 0 saturated heterocycles. The fraction of sp³-hybridized carbons (Fsp3) is 0.154. The van der Waals surface area contributed by atoms with Gasteiger partial charge in [-0.15, -0.1) is 0 Å². The minimum atomic E-state index is -0.340. The molecule has 1 amide bonds. The normalized spacial score (nSPS) is 10.2. The maximum Gasteiger partial charge on any atom is 0.271 e. The van der Waals surface area contributed by atoms with E-state index in [0.717, 1.165) is 5.69 Å². The van der Waals surface area contributed by atoms with E-state index in [-0.39, 0.29) is 22.4 Å². The van der Waals surface area contributed by atoms with Crippen LogP contribution in [-0.2, 0) is 6.42 Å². The Morgan fingerprint density at radius 3 is 2.89 bits per heavy atom.